The van der Waals surface area contributed by atoms with E-state index >= 15 is 0 Å². The maximum Gasteiger partial charge on any atom is 0.321 e. The number of aliphatic carboxylic acids is 1. The van der Waals surface area contributed by atoms with Crippen molar-refractivity contribution in [1.29, 1.82) is 0 Å². The molecule has 0 heterocycles. The van der Waals surface area contributed by atoms with Crippen LogP contribution in [0.3, 0.4) is 0 Å². The molecule has 1 aromatic rings. The first-order chi connectivity index (χ1) is 8.24. The highest BCUT2D eigenvalue weighted by atomic mass is 32.2. The van der Waals surface area contributed by atoms with Crippen LogP contribution in [-0.4, -0.2) is 39.6 Å². The molecule has 1 unspecified atom stereocenters. The van der Waals surface area contributed by atoms with Gasteiger partial charge in [-0.25, -0.2) is 8.42 Å². The SMILES string of the molecule is CC(NS(=O)(=O)c1cccc(N(C)C)c1)C(=O)O. The zero-order valence-corrected chi connectivity index (χ0v) is 11.2. The van der Waals surface area contributed by atoms with Crippen LogP contribution >= 0.6 is 0 Å². The molecule has 0 spiro atoms. The molecular formula is C11H16N2O4S. The smallest absolute Gasteiger partial charge is 0.321 e. The first-order valence-electron chi connectivity index (χ1n) is 5.26. The minimum Gasteiger partial charge on any atom is -0.480 e. The average Bonchev–Trinajstić information content (AvgIpc) is 2.28. The molecule has 0 aliphatic heterocycles. The van der Waals surface area contributed by atoms with Crippen molar-refractivity contribution in [3.63, 3.8) is 0 Å². The highest BCUT2D eigenvalue weighted by molar-refractivity contribution is 7.89. The zero-order chi connectivity index (χ0) is 13.9. The summed E-state index contributed by atoms with van der Waals surface area (Å²) < 4.78 is 26.0. The van der Waals surface area contributed by atoms with Crippen LogP contribution in [0.25, 0.3) is 0 Å². The van der Waals surface area contributed by atoms with Crippen LogP contribution in [0.15, 0.2) is 29.2 Å². The van der Waals surface area contributed by atoms with Crippen molar-refractivity contribution < 1.29 is 18.3 Å². The number of anilines is 1. The predicted molar refractivity (Wildman–Crippen MR) is 68.2 cm³/mol. The molecule has 18 heavy (non-hydrogen) atoms. The molecule has 0 aliphatic rings. The second-order valence-electron chi connectivity index (χ2n) is 4.07. The Morgan fingerprint density at radius 2 is 2.00 bits per heavy atom. The normalized spacial score (nSPS) is 13.1. The van der Waals surface area contributed by atoms with E-state index in [4.69, 9.17) is 5.11 Å². The number of nitrogens with one attached hydrogen (secondary N) is 1. The summed E-state index contributed by atoms with van der Waals surface area (Å²) in [5.41, 5.74) is 0.723. The van der Waals surface area contributed by atoms with E-state index in [0.29, 0.717) is 0 Å². The Balaban J connectivity index is 3.05. The van der Waals surface area contributed by atoms with Crippen LogP contribution in [0, 0.1) is 0 Å². The molecule has 7 heteroatoms. The molecule has 2 N–H and O–H groups in total. The Morgan fingerprint density at radius 3 is 2.50 bits per heavy atom. The number of carbonyl (C=O) groups is 1. The van der Waals surface area contributed by atoms with Crippen molar-refractivity contribution in [3.05, 3.63) is 24.3 Å². The lowest BCUT2D eigenvalue weighted by molar-refractivity contribution is -0.138. The number of hydrogen-bond acceptors (Lipinski definition) is 4. The summed E-state index contributed by atoms with van der Waals surface area (Å²) in [6, 6.07) is 5.11. The molecule has 0 aliphatic carbocycles. The number of sulfonamides is 1. The summed E-state index contributed by atoms with van der Waals surface area (Å²) in [6.45, 7) is 1.27. The molecule has 1 atom stereocenters. The standard InChI is InChI=1S/C11H16N2O4S/c1-8(11(14)15)12-18(16,17)10-6-4-5-9(7-10)13(2)3/h4-8,12H,1-3H3,(H,14,15). The lowest BCUT2D eigenvalue weighted by Crippen LogP contribution is -2.38. The summed E-state index contributed by atoms with van der Waals surface area (Å²) >= 11 is 0. The number of carboxylic acid groups (broad SMARTS) is 1. The Kier molecular flexibility index (Phi) is 4.31. The third-order valence-corrected chi connectivity index (χ3v) is 3.89. The first kappa shape index (κ1) is 14.5. The van der Waals surface area contributed by atoms with Gasteiger partial charge in [0.05, 0.1) is 4.90 Å². The number of benzene rings is 1. The fourth-order valence-corrected chi connectivity index (χ4v) is 2.52. The van der Waals surface area contributed by atoms with E-state index in [-0.39, 0.29) is 4.90 Å². The fourth-order valence-electron chi connectivity index (χ4n) is 1.28. The van der Waals surface area contributed by atoms with Gasteiger partial charge in [-0.1, -0.05) is 6.07 Å². The van der Waals surface area contributed by atoms with Gasteiger partial charge in [-0.3, -0.25) is 4.79 Å². The van der Waals surface area contributed by atoms with Crippen molar-refractivity contribution in [2.45, 2.75) is 17.9 Å². The summed E-state index contributed by atoms with van der Waals surface area (Å²) in [5.74, 6) is -1.22. The lowest BCUT2D eigenvalue weighted by atomic mass is 10.3. The van der Waals surface area contributed by atoms with Crippen LogP contribution < -0.4 is 9.62 Å². The highest BCUT2D eigenvalue weighted by Gasteiger charge is 2.21. The minimum atomic E-state index is -3.82. The maximum atomic E-state index is 11.9. The third-order valence-electron chi connectivity index (χ3n) is 2.35. The third kappa shape index (κ3) is 3.44. The highest BCUT2D eigenvalue weighted by Crippen LogP contribution is 2.17. The Hall–Kier alpha value is -1.60. The Labute approximate surface area is 106 Å². The van der Waals surface area contributed by atoms with Crippen molar-refractivity contribution in [1.82, 2.24) is 4.72 Å². The van der Waals surface area contributed by atoms with E-state index in [1.807, 2.05) is 0 Å². The summed E-state index contributed by atoms with van der Waals surface area (Å²) in [7, 11) is -0.237. The molecule has 0 saturated heterocycles. The van der Waals surface area contributed by atoms with Crippen molar-refractivity contribution in [3.8, 4) is 0 Å². The van der Waals surface area contributed by atoms with Crippen molar-refractivity contribution >= 4 is 21.7 Å². The molecule has 0 aromatic heterocycles. The van der Waals surface area contributed by atoms with Crippen LogP contribution in [0.4, 0.5) is 5.69 Å². The second-order valence-corrected chi connectivity index (χ2v) is 5.79. The van der Waals surface area contributed by atoms with Gasteiger partial charge < -0.3 is 10.0 Å². The fraction of sp³-hybridized carbons (Fsp3) is 0.364. The molecule has 6 nitrogen and oxygen atoms in total. The van der Waals surface area contributed by atoms with E-state index in [1.165, 1.54) is 19.1 Å². The van der Waals surface area contributed by atoms with Crippen molar-refractivity contribution in [2.75, 3.05) is 19.0 Å². The topological polar surface area (TPSA) is 86.7 Å². The number of rotatable bonds is 5. The summed E-state index contributed by atoms with van der Waals surface area (Å²) in [5, 5.41) is 8.70. The van der Waals surface area contributed by atoms with Gasteiger partial charge in [-0.2, -0.15) is 4.72 Å². The number of nitrogens with zero attached hydrogens (tertiary/aromatic N) is 1. The minimum absolute atomic E-state index is 0.0433. The molecule has 0 bridgehead atoms. The van der Waals surface area contributed by atoms with E-state index in [2.05, 4.69) is 4.72 Å². The van der Waals surface area contributed by atoms with E-state index in [0.717, 1.165) is 5.69 Å². The Bertz CT molecular complexity index is 540. The second kappa shape index (κ2) is 5.36. The lowest BCUT2D eigenvalue weighted by Gasteiger charge is -2.15. The molecule has 1 rings (SSSR count). The largest absolute Gasteiger partial charge is 0.480 e. The molecule has 0 fully saturated rings. The Morgan fingerprint density at radius 1 is 1.39 bits per heavy atom. The summed E-state index contributed by atoms with van der Waals surface area (Å²) in [6.07, 6.45) is 0. The molecule has 1 aromatic carbocycles. The van der Waals surface area contributed by atoms with Crippen LogP contribution in [0.2, 0.25) is 0 Å². The molecular weight excluding hydrogens is 256 g/mol. The molecule has 100 valence electrons. The predicted octanol–water partition coefficient (Wildman–Crippen LogP) is 0.504. The summed E-state index contributed by atoms with van der Waals surface area (Å²) in [4.78, 5) is 12.5. The first-order valence-corrected chi connectivity index (χ1v) is 6.75. The number of hydrogen-bond donors (Lipinski definition) is 2. The van der Waals surface area contributed by atoms with E-state index < -0.39 is 22.0 Å². The molecule has 0 radical (unpaired) electrons. The van der Waals surface area contributed by atoms with Crippen molar-refractivity contribution in [2.24, 2.45) is 0 Å². The van der Waals surface area contributed by atoms with Crippen LogP contribution in [-0.2, 0) is 14.8 Å². The van der Waals surface area contributed by atoms with Gasteiger partial charge in [-0.15, -0.1) is 0 Å². The number of carboxylic acids is 1. The van der Waals surface area contributed by atoms with Gasteiger partial charge in [0.15, 0.2) is 0 Å². The van der Waals surface area contributed by atoms with E-state index in [1.54, 1.807) is 31.1 Å². The van der Waals surface area contributed by atoms with Crippen LogP contribution in [0.5, 0.6) is 0 Å². The van der Waals surface area contributed by atoms with Gasteiger partial charge in [0.25, 0.3) is 0 Å². The van der Waals surface area contributed by atoms with Gasteiger partial charge >= 0.3 is 5.97 Å². The molecule has 0 amide bonds. The maximum absolute atomic E-state index is 11.9. The van der Waals surface area contributed by atoms with E-state index in [9.17, 15) is 13.2 Å². The average molecular weight is 272 g/mol. The molecule has 0 saturated carbocycles. The van der Waals surface area contributed by atoms with Crippen LogP contribution in [0.1, 0.15) is 6.92 Å². The van der Waals surface area contributed by atoms with Gasteiger partial charge in [-0.05, 0) is 25.1 Å². The van der Waals surface area contributed by atoms with Gasteiger partial charge in [0, 0.05) is 19.8 Å². The zero-order valence-electron chi connectivity index (χ0n) is 10.4. The quantitative estimate of drug-likeness (QED) is 0.815. The van der Waals surface area contributed by atoms with Gasteiger partial charge in [0.2, 0.25) is 10.0 Å². The van der Waals surface area contributed by atoms with Gasteiger partial charge in [0.1, 0.15) is 6.04 Å². The monoisotopic (exact) mass is 272 g/mol.